The minimum Gasteiger partial charge on any atom is -0.363 e. The molecule has 4 rings (SSSR count). The highest BCUT2D eigenvalue weighted by molar-refractivity contribution is 5.64. The highest BCUT2D eigenvalue weighted by atomic mass is 15.3. The molecule has 4 heterocycles. The predicted octanol–water partition coefficient (Wildman–Crippen LogP) is 1.69. The van der Waals surface area contributed by atoms with Crippen LogP contribution in [-0.4, -0.2) is 64.6 Å². The van der Waals surface area contributed by atoms with Gasteiger partial charge in [-0.3, -0.25) is 0 Å². The van der Waals surface area contributed by atoms with Crippen molar-refractivity contribution in [3.63, 3.8) is 0 Å². The van der Waals surface area contributed by atoms with Gasteiger partial charge in [0, 0.05) is 71.3 Å². The smallest absolute Gasteiger partial charge is 0.227 e. The number of aromatic nitrogens is 5. The van der Waals surface area contributed by atoms with Crippen LogP contribution >= 0.6 is 0 Å². The number of hydrogen-bond donors (Lipinski definition) is 0. The predicted molar refractivity (Wildman–Crippen MR) is 103 cm³/mol. The lowest BCUT2D eigenvalue weighted by molar-refractivity contribution is 0.481. The molecule has 1 unspecified atom stereocenters. The molecule has 1 aliphatic rings. The van der Waals surface area contributed by atoms with Crippen molar-refractivity contribution in [2.75, 3.05) is 48.9 Å². The van der Waals surface area contributed by atoms with Crippen molar-refractivity contribution < 1.29 is 0 Å². The normalized spacial score (nSPS) is 17.5. The zero-order valence-electron chi connectivity index (χ0n) is 15.4. The molecule has 0 bridgehead atoms. The molecule has 0 saturated carbocycles. The van der Waals surface area contributed by atoms with Crippen molar-refractivity contribution in [1.82, 2.24) is 24.3 Å². The molecule has 8 nitrogen and oxygen atoms in total. The van der Waals surface area contributed by atoms with Gasteiger partial charge in [-0.05, 0) is 18.9 Å². The van der Waals surface area contributed by atoms with Gasteiger partial charge in [-0.25, -0.2) is 15.0 Å². The Labute approximate surface area is 153 Å². The number of piperidine rings is 1. The molecule has 0 N–H and O–H groups in total. The van der Waals surface area contributed by atoms with E-state index in [9.17, 15) is 0 Å². The highest BCUT2D eigenvalue weighted by Gasteiger charge is 2.27. The number of hydrogen-bond acceptors (Lipinski definition) is 7. The second-order valence-electron chi connectivity index (χ2n) is 6.87. The van der Waals surface area contributed by atoms with Crippen molar-refractivity contribution in [2.45, 2.75) is 18.9 Å². The summed E-state index contributed by atoms with van der Waals surface area (Å²) in [6.07, 6.45) is 11.6. The second kappa shape index (κ2) is 6.78. The van der Waals surface area contributed by atoms with Crippen LogP contribution in [0, 0.1) is 0 Å². The quantitative estimate of drug-likeness (QED) is 0.708. The Morgan fingerprint density at radius 2 is 1.85 bits per heavy atom. The van der Waals surface area contributed by atoms with E-state index in [1.807, 2.05) is 60.4 Å². The summed E-state index contributed by atoms with van der Waals surface area (Å²) in [6, 6.07) is 2.26. The van der Waals surface area contributed by atoms with Gasteiger partial charge in [0.1, 0.15) is 5.82 Å². The molecule has 136 valence electrons. The Morgan fingerprint density at radius 3 is 2.65 bits per heavy atom. The van der Waals surface area contributed by atoms with Crippen LogP contribution in [0.25, 0.3) is 5.65 Å². The topological polar surface area (TPSA) is 65.7 Å². The third-order valence-corrected chi connectivity index (χ3v) is 4.94. The molecule has 0 spiro atoms. The molecule has 1 saturated heterocycles. The van der Waals surface area contributed by atoms with E-state index in [1.165, 1.54) is 0 Å². The minimum atomic E-state index is 0.332. The summed E-state index contributed by atoms with van der Waals surface area (Å²) in [5.41, 5.74) is 0.904. The first-order chi connectivity index (χ1) is 12.6. The molecule has 0 amide bonds. The van der Waals surface area contributed by atoms with Crippen LogP contribution in [0.2, 0.25) is 0 Å². The van der Waals surface area contributed by atoms with Gasteiger partial charge in [-0.15, -0.1) is 0 Å². The summed E-state index contributed by atoms with van der Waals surface area (Å²) in [5.74, 6) is 2.62. The second-order valence-corrected chi connectivity index (χ2v) is 6.87. The minimum absolute atomic E-state index is 0.332. The molecule has 3 aromatic heterocycles. The van der Waals surface area contributed by atoms with Gasteiger partial charge in [0.05, 0.1) is 0 Å². The lowest BCUT2D eigenvalue weighted by Crippen LogP contribution is -2.47. The number of anilines is 3. The molecule has 3 aromatic rings. The molecular weight excluding hydrogens is 328 g/mol. The average molecular weight is 352 g/mol. The van der Waals surface area contributed by atoms with E-state index in [1.54, 1.807) is 0 Å². The SMILES string of the molecule is CN(C)c1ccnc(N(C)C2CCCN(c3nccn4ccnc34)C2)n1. The lowest BCUT2D eigenvalue weighted by Gasteiger charge is -2.38. The van der Waals surface area contributed by atoms with Gasteiger partial charge in [0.25, 0.3) is 0 Å². The van der Waals surface area contributed by atoms with Gasteiger partial charge >= 0.3 is 0 Å². The molecule has 0 aliphatic carbocycles. The number of rotatable bonds is 4. The van der Waals surface area contributed by atoms with Gasteiger partial charge in [0.15, 0.2) is 11.5 Å². The fourth-order valence-electron chi connectivity index (χ4n) is 3.45. The summed E-state index contributed by atoms with van der Waals surface area (Å²) in [5, 5.41) is 0. The van der Waals surface area contributed by atoms with Crippen LogP contribution in [0.3, 0.4) is 0 Å². The fourth-order valence-corrected chi connectivity index (χ4v) is 3.45. The van der Waals surface area contributed by atoms with Crippen LogP contribution < -0.4 is 14.7 Å². The molecule has 0 radical (unpaired) electrons. The van der Waals surface area contributed by atoms with Crippen LogP contribution in [0.1, 0.15) is 12.8 Å². The summed E-state index contributed by atoms with van der Waals surface area (Å²) in [6.45, 7) is 1.87. The lowest BCUT2D eigenvalue weighted by atomic mass is 10.0. The standard InChI is InChI=1S/C18H24N8/c1-23(2)15-6-7-21-18(22-15)24(3)14-5-4-10-26(13-14)17-16-19-8-11-25(16)12-9-20-17/h6-9,11-12,14H,4-5,10,13H2,1-3H3. The van der Waals surface area contributed by atoms with E-state index >= 15 is 0 Å². The van der Waals surface area contributed by atoms with Gasteiger partial charge < -0.3 is 19.1 Å². The zero-order chi connectivity index (χ0) is 18.1. The third kappa shape index (κ3) is 3.02. The highest BCUT2D eigenvalue weighted by Crippen LogP contribution is 2.25. The Kier molecular flexibility index (Phi) is 4.32. The fraction of sp³-hybridized carbons (Fsp3) is 0.444. The van der Waals surface area contributed by atoms with Crippen molar-refractivity contribution >= 4 is 23.2 Å². The molecule has 1 atom stereocenters. The average Bonchev–Trinajstić information content (AvgIpc) is 3.16. The van der Waals surface area contributed by atoms with Crippen LogP contribution in [0.5, 0.6) is 0 Å². The van der Waals surface area contributed by atoms with Crippen LogP contribution in [0.4, 0.5) is 17.6 Å². The maximum absolute atomic E-state index is 4.68. The largest absolute Gasteiger partial charge is 0.363 e. The maximum atomic E-state index is 4.68. The van der Waals surface area contributed by atoms with Gasteiger partial charge in [-0.2, -0.15) is 4.98 Å². The summed E-state index contributed by atoms with van der Waals surface area (Å²) in [4.78, 5) is 24.7. The van der Waals surface area contributed by atoms with E-state index in [-0.39, 0.29) is 0 Å². The van der Waals surface area contributed by atoms with E-state index in [2.05, 4.69) is 36.8 Å². The number of likely N-dealkylation sites (N-methyl/N-ethyl adjacent to an activating group) is 1. The molecule has 1 aliphatic heterocycles. The number of nitrogens with zero attached hydrogens (tertiary/aromatic N) is 8. The molecule has 26 heavy (non-hydrogen) atoms. The zero-order valence-corrected chi connectivity index (χ0v) is 15.4. The van der Waals surface area contributed by atoms with Crippen molar-refractivity contribution in [3.8, 4) is 0 Å². The van der Waals surface area contributed by atoms with E-state index in [0.717, 1.165) is 49.2 Å². The molecule has 8 heteroatoms. The Morgan fingerprint density at radius 1 is 1.04 bits per heavy atom. The molecule has 1 fully saturated rings. The van der Waals surface area contributed by atoms with Crippen molar-refractivity contribution in [2.24, 2.45) is 0 Å². The summed E-state index contributed by atoms with van der Waals surface area (Å²) < 4.78 is 2.01. The Balaban J connectivity index is 1.57. The maximum Gasteiger partial charge on any atom is 0.227 e. The first-order valence-corrected chi connectivity index (χ1v) is 8.89. The molecular formula is C18H24N8. The molecule has 0 aromatic carbocycles. The third-order valence-electron chi connectivity index (χ3n) is 4.94. The Bertz CT molecular complexity index is 890. The number of imidazole rings is 1. The van der Waals surface area contributed by atoms with E-state index in [4.69, 9.17) is 0 Å². The van der Waals surface area contributed by atoms with Gasteiger partial charge in [-0.1, -0.05) is 0 Å². The van der Waals surface area contributed by atoms with Crippen molar-refractivity contribution in [3.05, 3.63) is 37.1 Å². The van der Waals surface area contributed by atoms with E-state index < -0.39 is 0 Å². The first kappa shape index (κ1) is 16.6. The monoisotopic (exact) mass is 352 g/mol. The summed E-state index contributed by atoms with van der Waals surface area (Å²) in [7, 11) is 6.06. The van der Waals surface area contributed by atoms with E-state index in [0.29, 0.717) is 6.04 Å². The Hall–Kier alpha value is -2.90. The van der Waals surface area contributed by atoms with Crippen LogP contribution in [0.15, 0.2) is 37.1 Å². The van der Waals surface area contributed by atoms with Crippen molar-refractivity contribution in [1.29, 1.82) is 0 Å². The first-order valence-electron chi connectivity index (χ1n) is 8.89. The number of fused-ring (bicyclic) bond motifs is 1. The van der Waals surface area contributed by atoms with Gasteiger partial charge in [0.2, 0.25) is 5.95 Å². The van der Waals surface area contributed by atoms with Crippen LogP contribution in [-0.2, 0) is 0 Å². The summed E-state index contributed by atoms with van der Waals surface area (Å²) >= 11 is 0.